The van der Waals surface area contributed by atoms with Crippen molar-refractivity contribution in [2.45, 2.75) is 39.2 Å². The fraction of sp³-hybridized carbons (Fsp3) is 0.438. The SMILES string of the molecule is Cc1ccc(NC(=O)Nc2nnc(N3CCCC[C@H]3C)s2)cc1Cl. The van der Waals surface area contributed by atoms with Gasteiger partial charge in [0, 0.05) is 23.3 Å². The third-order valence-electron chi connectivity index (χ3n) is 4.11. The van der Waals surface area contributed by atoms with E-state index in [1.165, 1.54) is 24.2 Å². The molecule has 1 aromatic carbocycles. The van der Waals surface area contributed by atoms with Crippen LogP contribution in [0.25, 0.3) is 0 Å². The van der Waals surface area contributed by atoms with Gasteiger partial charge in [0.25, 0.3) is 0 Å². The zero-order valence-corrected chi connectivity index (χ0v) is 15.2. The van der Waals surface area contributed by atoms with Crippen LogP contribution in [0.2, 0.25) is 5.02 Å². The summed E-state index contributed by atoms with van der Waals surface area (Å²) in [5.74, 6) is 0. The van der Waals surface area contributed by atoms with E-state index in [0.29, 0.717) is 21.9 Å². The number of aryl methyl sites for hydroxylation is 1. The van der Waals surface area contributed by atoms with Crippen LogP contribution in [0.15, 0.2) is 18.2 Å². The number of carbonyl (C=O) groups excluding carboxylic acids is 1. The maximum absolute atomic E-state index is 12.1. The summed E-state index contributed by atoms with van der Waals surface area (Å²) in [6.07, 6.45) is 3.58. The van der Waals surface area contributed by atoms with Crippen LogP contribution in [-0.4, -0.2) is 28.8 Å². The lowest BCUT2D eigenvalue weighted by atomic mass is 10.1. The lowest BCUT2D eigenvalue weighted by Crippen LogP contribution is -2.37. The minimum Gasteiger partial charge on any atom is -0.344 e. The van der Waals surface area contributed by atoms with Crippen LogP contribution in [0.4, 0.5) is 20.7 Å². The van der Waals surface area contributed by atoms with E-state index in [4.69, 9.17) is 11.6 Å². The number of rotatable bonds is 3. The minimum absolute atomic E-state index is 0.357. The number of benzene rings is 1. The van der Waals surface area contributed by atoms with Crippen molar-refractivity contribution in [2.75, 3.05) is 22.1 Å². The molecular formula is C16H20ClN5OS. The number of hydrogen-bond donors (Lipinski definition) is 2. The normalized spacial score (nSPS) is 17.6. The molecule has 2 aromatic rings. The van der Waals surface area contributed by atoms with Crippen molar-refractivity contribution in [1.82, 2.24) is 10.2 Å². The Morgan fingerprint density at radius 2 is 2.17 bits per heavy atom. The van der Waals surface area contributed by atoms with Crippen LogP contribution in [0.5, 0.6) is 0 Å². The Morgan fingerprint density at radius 1 is 1.33 bits per heavy atom. The number of halogens is 1. The third kappa shape index (κ3) is 3.96. The van der Waals surface area contributed by atoms with Gasteiger partial charge in [0.05, 0.1) is 0 Å². The van der Waals surface area contributed by atoms with Gasteiger partial charge in [-0.15, -0.1) is 10.2 Å². The topological polar surface area (TPSA) is 70.1 Å². The number of aromatic nitrogens is 2. The molecule has 1 saturated heterocycles. The lowest BCUT2D eigenvalue weighted by Gasteiger charge is -2.32. The van der Waals surface area contributed by atoms with Crippen molar-refractivity contribution in [2.24, 2.45) is 0 Å². The number of urea groups is 1. The Bertz CT molecular complexity index is 735. The number of amides is 2. The van der Waals surface area contributed by atoms with Gasteiger partial charge < -0.3 is 10.2 Å². The molecule has 2 N–H and O–H groups in total. The summed E-state index contributed by atoms with van der Waals surface area (Å²) in [4.78, 5) is 14.3. The smallest absolute Gasteiger partial charge is 0.325 e. The predicted molar refractivity (Wildman–Crippen MR) is 99.4 cm³/mol. The van der Waals surface area contributed by atoms with Crippen LogP contribution < -0.4 is 15.5 Å². The molecule has 0 spiro atoms. The van der Waals surface area contributed by atoms with Crippen molar-refractivity contribution >= 4 is 44.9 Å². The highest BCUT2D eigenvalue weighted by atomic mass is 35.5. The molecule has 6 nitrogen and oxygen atoms in total. The highest BCUT2D eigenvalue weighted by Gasteiger charge is 2.22. The second kappa shape index (κ2) is 7.36. The van der Waals surface area contributed by atoms with Gasteiger partial charge in [-0.2, -0.15) is 0 Å². The van der Waals surface area contributed by atoms with E-state index >= 15 is 0 Å². The van der Waals surface area contributed by atoms with E-state index in [2.05, 4.69) is 32.7 Å². The molecule has 1 atom stereocenters. The lowest BCUT2D eigenvalue weighted by molar-refractivity contribution is 0.262. The average Bonchev–Trinajstić information content (AvgIpc) is 2.99. The first-order chi connectivity index (χ1) is 11.5. The van der Waals surface area contributed by atoms with Crippen LogP contribution in [0, 0.1) is 6.92 Å². The molecule has 0 radical (unpaired) electrons. The fourth-order valence-electron chi connectivity index (χ4n) is 2.69. The molecule has 2 amide bonds. The summed E-state index contributed by atoms with van der Waals surface area (Å²) in [6, 6.07) is 5.49. The Kier molecular flexibility index (Phi) is 5.20. The average molecular weight is 366 g/mol. The van der Waals surface area contributed by atoms with Crippen molar-refractivity contribution in [3.63, 3.8) is 0 Å². The van der Waals surface area contributed by atoms with E-state index in [0.717, 1.165) is 23.7 Å². The molecule has 1 aromatic heterocycles. The molecule has 8 heteroatoms. The molecule has 0 aliphatic carbocycles. The summed E-state index contributed by atoms with van der Waals surface area (Å²) in [7, 11) is 0. The van der Waals surface area contributed by atoms with Gasteiger partial charge >= 0.3 is 6.03 Å². The first-order valence-corrected chi connectivity index (χ1v) is 9.16. The van der Waals surface area contributed by atoms with Crippen molar-refractivity contribution < 1.29 is 4.79 Å². The van der Waals surface area contributed by atoms with Gasteiger partial charge in [-0.25, -0.2) is 4.79 Å². The second-order valence-corrected chi connectivity index (χ2v) is 7.33. The fourth-order valence-corrected chi connectivity index (χ4v) is 3.74. The largest absolute Gasteiger partial charge is 0.344 e. The van der Waals surface area contributed by atoms with Crippen molar-refractivity contribution in [3.05, 3.63) is 28.8 Å². The molecule has 24 heavy (non-hydrogen) atoms. The molecular weight excluding hydrogens is 346 g/mol. The molecule has 1 aliphatic rings. The molecule has 0 bridgehead atoms. The Labute approximate surface area is 150 Å². The van der Waals surface area contributed by atoms with E-state index in [1.54, 1.807) is 6.07 Å². The number of hydrogen-bond acceptors (Lipinski definition) is 5. The van der Waals surface area contributed by atoms with Crippen molar-refractivity contribution in [1.29, 1.82) is 0 Å². The second-order valence-electron chi connectivity index (χ2n) is 5.97. The summed E-state index contributed by atoms with van der Waals surface area (Å²) in [5, 5.41) is 15.7. The van der Waals surface area contributed by atoms with Gasteiger partial charge in [0.2, 0.25) is 10.3 Å². The molecule has 3 rings (SSSR count). The first-order valence-electron chi connectivity index (χ1n) is 7.97. The van der Waals surface area contributed by atoms with Gasteiger partial charge in [-0.3, -0.25) is 5.32 Å². The molecule has 0 unspecified atom stereocenters. The van der Waals surface area contributed by atoms with E-state index in [-0.39, 0.29) is 6.03 Å². The van der Waals surface area contributed by atoms with E-state index in [9.17, 15) is 4.79 Å². The molecule has 2 heterocycles. The highest BCUT2D eigenvalue weighted by molar-refractivity contribution is 7.19. The van der Waals surface area contributed by atoms with Gasteiger partial charge in [-0.05, 0) is 50.8 Å². The van der Waals surface area contributed by atoms with Crippen molar-refractivity contribution in [3.8, 4) is 0 Å². The Hall–Kier alpha value is -1.86. The standard InChI is InChI=1S/C16H20ClN5OS/c1-10-6-7-12(9-13(10)17)18-14(23)19-15-20-21-16(24-15)22-8-4-3-5-11(22)2/h6-7,9,11H,3-5,8H2,1-2H3,(H2,18,19,20,23)/t11-/m1/s1. The van der Waals surface area contributed by atoms with Gasteiger partial charge in [-0.1, -0.05) is 29.0 Å². The number of anilines is 3. The maximum Gasteiger partial charge on any atom is 0.325 e. The van der Waals surface area contributed by atoms with E-state index in [1.807, 2.05) is 19.1 Å². The van der Waals surface area contributed by atoms with Crippen LogP contribution >= 0.6 is 22.9 Å². The minimum atomic E-state index is -0.357. The zero-order valence-electron chi connectivity index (χ0n) is 13.7. The van der Waals surface area contributed by atoms with E-state index < -0.39 is 0 Å². The molecule has 1 aliphatic heterocycles. The van der Waals surface area contributed by atoms with Crippen LogP contribution in [0.1, 0.15) is 31.7 Å². The number of nitrogens with zero attached hydrogens (tertiary/aromatic N) is 3. The monoisotopic (exact) mass is 365 g/mol. The van der Waals surface area contributed by atoms with Gasteiger partial charge in [0.1, 0.15) is 0 Å². The van der Waals surface area contributed by atoms with Crippen LogP contribution in [-0.2, 0) is 0 Å². The Morgan fingerprint density at radius 3 is 2.92 bits per heavy atom. The zero-order chi connectivity index (χ0) is 17.1. The summed E-state index contributed by atoms with van der Waals surface area (Å²) in [5.41, 5.74) is 1.60. The third-order valence-corrected chi connectivity index (χ3v) is 5.40. The molecule has 0 saturated carbocycles. The predicted octanol–water partition coefficient (Wildman–Crippen LogP) is 4.52. The highest BCUT2D eigenvalue weighted by Crippen LogP contribution is 2.29. The van der Waals surface area contributed by atoms with Gasteiger partial charge in [0.15, 0.2) is 0 Å². The maximum atomic E-state index is 12.1. The number of carbonyl (C=O) groups is 1. The first kappa shape index (κ1) is 17.0. The quantitative estimate of drug-likeness (QED) is 0.838. The Balaban J connectivity index is 1.61. The summed E-state index contributed by atoms with van der Waals surface area (Å²) in [6.45, 7) is 5.10. The molecule has 1 fully saturated rings. The molecule has 128 valence electrons. The number of nitrogens with one attached hydrogen (secondary N) is 2. The summed E-state index contributed by atoms with van der Waals surface area (Å²) < 4.78 is 0. The number of piperidine rings is 1. The summed E-state index contributed by atoms with van der Waals surface area (Å²) >= 11 is 7.46. The van der Waals surface area contributed by atoms with Crippen LogP contribution in [0.3, 0.4) is 0 Å².